The molecule has 0 N–H and O–H groups in total. The number of rotatable bonds is 5. The summed E-state index contributed by atoms with van der Waals surface area (Å²) in [7, 11) is 0. The van der Waals surface area contributed by atoms with Crippen LogP contribution in [0, 0.1) is 0 Å². The van der Waals surface area contributed by atoms with Gasteiger partial charge in [-0.2, -0.15) is 5.10 Å². The number of carbonyl (C=O) groups excluding carboxylic acids is 2. The van der Waals surface area contributed by atoms with Crippen molar-refractivity contribution < 1.29 is 14.7 Å². The highest BCUT2D eigenvalue weighted by atomic mass is 35.5. The lowest BCUT2D eigenvalue weighted by atomic mass is 10.0. The molecule has 3 rings (SSSR count). The Morgan fingerprint density at radius 2 is 2.00 bits per heavy atom. The zero-order chi connectivity index (χ0) is 17.1. The fourth-order valence-corrected chi connectivity index (χ4v) is 3.52. The maximum Gasteiger partial charge on any atom is 0.243 e. The van der Waals surface area contributed by atoms with Crippen LogP contribution in [0.3, 0.4) is 0 Å². The van der Waals surface area contributed by atoms with Gasteiger partial charge in [-0.05, 0) is 35.6 Å². The van der Waals surface area contributed by atoms with Crippen LogP contribution in [0.25, 0.3) is 0 Å². The average Bonchev–Trinajstić information content (AvgIpc) is 3.22. The molecule has 1 aliphatic heterocycles. The molecule has 1 aliphatic rings. The van der Waals surface area contributed by atoms with E-state index in [9.17, 15) is 14.7 Å². The van der Waals surface area contributed by atoms with Crippen LogP contribution < -0.4 is 5.11 Å². The molecule has 0 bridgehead atoms. The van der Waals surface area contributed by atoms with E-state index >= 15 is 0 Å². The number of hydrogen-bond acceptors (Lipinski definition) is 5. The molecule has 2 aromatic rings. The van der Waals surface area contributed by atoms with Crippen molar-refractivity contribution in [2.75, 3.05) is 0 Å². The monoisotopic (exact) mass is 361 g/mol. The maximum atomic E-state index is 12.4. The van der Waals surface area contributed by atoms with Crippen molar-refractivity contribution in [3.05, 3.63) is 57.2 Å². The highest BCUT2D eigenvalue weighted by Gasteiger charge is 2.33. The summed E-state index contributed by atoms with van der Waals surface area (Å²) in [5, 5.41) is 19.1. The molecule has 1 aromatic heterocycles. The van der Waals surface area contributed by atoms with Gasteiger partial charge in [-0.25, -0.2) is 5.01 Å². The Balaban J connectivity index is 1.86. The number of amides is 1. The third-order valence-corrected chi connectivity index (χ3v) is 4.98. The molecule has 7 heteroatoms. The van der Waals surface area contributed by atoms with Crippen LogP contribution in [0.1, 0.15) is 35.7 Å². The van der Waals surface area contributed by atoms with Crippen LogP contribution in [-0.4, -0.2) is 22.6 Å². The molecule has 0 fully saturated rings. The number of carbonyl (C=O) groups is 2. The molecule has 0 unspecified atom stereocenters. The SMILES string of the molecule is O=C([O-])CCC(=O)N1N=C(c2ccc(Cl)cc2)C[C@@H]1c1cccs1. The second-order valence-corrected chi connectivity index (χ2v) is 6.81. The van der Waals surface area contributed by atoms with Crippen LogP contribution in [0.4, 0.5) is 0 Å². The Morgan fingerprint density at radius 3 is 2.62 bits per heavy atom. The number of benzene rings is 1. The summed E-state index contributed by atoms with van der Waals surface area (Å²) in [6.07, 6.45) is 0.152. The number of hydrogen-bond donors (Lipinski definition) is 0. The molecular formula is C17H14ClN2O3S-. The summed E-state index contributed by atoms with van der Waals surface area (Å²) in [4.78, 5) is 24.0. The summed E-state index contributed by atoms with van der Waals surface area (Å²) < 4.78 is 0. The second-order valence-electron chi connectivity index (χ2n) is 5.40. The van der Waals surface area contributed by atoms with E-state index in [0.717, 1.165) is 16.2 Å². The summed E-state index contributed by atoms with van der Waals surface area (Å²) in [5.74, 6) is -1.56. The average molecular weight is 362 g/mol. The number of halogens is 1. The van der Waals surface area contributed by atoms with E-state index < -0.39 is 5.97 Å². The molecule has 1 atom stereocenters. The molecule has 0 saturated carbocycles. The number of aliphatic carboxylic acids is 1. The molecule has 1 amide bonds. The zero-order valence-electron chi connectivity index (χ0n) is 12.6. The molecule has 5 nitrogen and oxygen atoms in total. The van der Waals surface area contributed by atoms with E-state index in [4.69, 9.17) is 11.6 Å². The van der Waals surface area contributed by atoms with Gasteiger partial charge in [0.2, 0.25) is 5.91 Å². The van der Waals surface area contributed by atoms with Crippen molar-refractivity contribution in [2.24, 2.45) is 5.10 Å². The van der Waals surface area contributed by atoms with Gasteiger partial charge in [0.15, 0.2) is 0 Å². The van der Waals surface area contributed by atoms with Gasteiger partial charge in [-0.15, -0.1) is 11.3 Å². The lowest BCUT2D eigenvalue weighted by molar-refractivity contribution is -0.305. The predicted octanol–water partition coefficient (Wildman–Crippen LogP) is 2.61. The van der Waals surface area contributed by atoms with Crippen molar-refractivity contribution in [1.82, 2.24) is 5.01 Å². The Labute approximate surface area is 148 Å². The first-order chi connectivity index (χ1) is 11.5. The first-order valence-electron chi connectivity index (χ1n) is 7.43. The molecule has 0 saturated heterocycles. The molecular weight excluding hydrogens is 348 g/mol. The first-order valence-corrected chi connectivity index (χ1v) is 8.69. The van der Waals surface area contributed by atoms with Gasteiger partial charge < -0.3 is 9.90 Å². The Morgan fingerprint density at radius 1 is 1.25 bits per heavy atom. The standard InChI is InChI=1S/C17H15ClN2O3S/c18-12-5-3-11(4-6-12)13-10-14(15-2-1-9-24-15)20(19-13)16(21)7-8-17(22)23/h1-6,9,14H,7-8,10H2,(H,22,23)/p-1/t14-/m1/s1. The summed E-state index contributed by atoms with van der Waals surface area (Å²) in [5.41, 5.74) is 1.68. The van der Waals surface area contributed by atoms with Crippen molar-refractivity contribution >= 4 is 40.5 Å². The largest absolute Gasteiger partial charge is 0.550 e. The minimum absolute atomic E-state index is 0.123. The quantitative estimate of drug-likeness (QED) is 0.821. The minimum Gasteiger partial charge on any atom is -0.550 e. The van der Waals surface area contributed by atoms with Gasteiger partial charge in [0.25, 0.3) is 0 Å². The van der Waals surface area contributed by atoms with Gasteiger partial charge in [0, 0.05) is 28.7 Å². The van der Waals surface area contributed by atoms with Crippen molar-refractivity contribution in [3.63, 3.8) is 0 Å². The molecule has 0 spiro atoms. The highest BCUT2D eigenvalue weighted by molar-refractivity contribution is 7.10. The van der Waals surface area contributed by atoms with Crippen LogP contribution in [-0.2, 0) is 9.59 Å². The molecule has 124 valence electrons. The third-order valence-electron chi connectivity index (χ3n) is 3.76. The van der Waals surface area contributed by atoms with Crippen molar-refractivity contribution in [1.29, 1.82) is 0 Å². The summed E-state index contributed by atoms with van der Waals surface area (Å²) in [6, 6.07) is 11.0. The van der Waals surface area contributed by atoms with E-state index in [1.54, 1.807) is 23.5 Å². The highest BCUT2D eigenvalue weighted by Crippen LogP contribution is 2.35. The fourth-order valence-electron chi connectivity index (χ4n) is 2.58. The Kier molecular flexibility index (Phi) is 4.97. The van der Waals surface area contributed by atoms with Crippen LogP contribution in [0.2, 0.25) is 5.02 Å². The van der Waals surface area contributed by atoms with E-state index in [2.05, 4.69) is 5.10 Å². The van der Waals surface area contributed by atoms with E-state index in [1.807, 2.05) is 29.6 Å². The molecule has 2 heterocycles. The van der Waals surface area contributed by atoms with Crippen LogP contribution >= 0.6 is 22.9 Å². The second kappa shape index (κ2) is 7.15. The van der Waals surface area contributed by atoms with Gasteiger partial charge in [0.05, 0.1) is 11.8 Å². The van der Waals surface area contributed by atoms with Crippen LogP contribution in [0.15, 0.2) is 46.9 Å². The number of carboxylic acid groups (broad SMARTS) is 1. The predicted molar refractivity (Wildman–Crippen MR) is 90.8 cm³/mol. The maximum absolute atomic E-state index is 12.4. The first kappa shape index (κ1) is 16.7. The minimum atomic E-state index is -1.24. The number of hydrazone groups is 1. The molecule has 0 radical (unpaired) electrons. The van der Waals surface area contributed by atoms with Gasteiger partial charge in [-0.3, -0.25) is 4.79 Å². The summed E-state index contributed by atoms with van der Waals surface area (Å²) in [6.45, 7) is 0. The van der Waals surface area contributed by atoms with Gasteiger partial charge in [-0.1, -0.05) is 29.8 Å². The third kappa shape index (κ3) is 3.66. The Bertz CT molecular complexity index is 772. The van der Waals surface area contributed by atoms with E-state index in [0.29, 0.717) is 11.4 Å². The topological polar surface area (TPSA) is 72.8 Å². The fraction of sp³-hybridized carbons (Fsp3) is 0.235. The van der Waals surface area contributed by atoms with E-state index in [-0.39, 0.29) is 24.8 Å². The number of thiophene rings is 1. The van der Waals surface area contributed by atoms with Crippen molar-refractivity contribution in [3.8, 4) is 0 Å². The lowest BCUT2D eigenvalue weighted by Gasteiger charge is -2.20. The smallest absolute Gasteiger partial charge is 0.243 e. The zero-order valence-corrected chi connectivity index (χ0v) is 14.2. The molecule has 1 aromatic carbocycles. The van der Waals surface area contributed by atoms with Gasteiger partial charge in [0.1, 0.15) is 0 Å². The molecule has 24 heavy (non-hydrogen) atoms. The summed E-state index contributed by atoms with van der Waals surface area (Å²) >= 11 is 7.46. The van der Waals surface area contributed by atoms with Gasteiger partial charge >= 0.3 is 0 Å². The van der Waals surface area contributed by atoms with Crippen molar-refractivity contribution in [2.45, 2.75) is 25.3 Å². The normalized spacial score (nSPS) is 17.0. The number of carboxylic acids is 1. The lowest BCUT2D eigenvalue weighted by Crippen LogP contribution is -2.29. The number of nitrogens with zero attached hydrogens (tertiary/aromatic N) is 2. The van der Waals surface area contributed by atoms with Crippen LogP contribution in [0.5, 0.6) is 0 Å². The Hall–Kier alpha value is -2.18. The van der Waals surface area contributed by atoms with E-state index in [1.165, 1.54) is 5.01 Å². The molecule has 0 aliphatic carbocycles.